The molecule has 1 saturated carbocycles. The maximum Gasteiger partial charge on any atom is 0.224 e. The Morgan fingerprint density at radius 3 is 2.59 bits per heavy atom. The second-order valence-corrected chi connectivity index (χ2v) is 4.74. The first-order valence-corrected chi connectivity index (χ1v) is 6.52. The molecule has 1 radical (unpaired) electrons. The fourth-order valence-corrected chi connectivity index (χ4v) is 2.33. The third kappa shape index (κ3) is 4.22. The Morgan fingerprint density at radius 1 is 1.18 bits per heavy atom. The van der Waals surface area contributed by atoms with Gasteiger partial charge in [-0.2, -0.15) is 0 Å². The van der Waals surface area contributed by atoms with E-state index in [1.807, 2.05) is 30.3 Å². The van der Waals surface area contributed by atoms with Gasteiger partial charge in [0.1, 0.15) is 0 Å². The van der Waals surface area contributed by atoms with Crippen molar-refractivity contribution < 1.29 is 4.79 Å². The van der Waals surface area contributed by atoms with Gasteiger partial charge in [0.15, 0.2) is 0 Å². The van der Waals surface area contributed by atoms with Gasteiger partial charge in [0.25, 0.3) is 0 Å². The van der Waals surface area contributed by atoms with Crippen molar-refractivity contribution in [3.8, 4) is 0 Å². The summed E-state index contributed by atoms with van der Waals surface area (Å²) in [5.74, 6) is 0.0840. The number of carbonyl (C=O) groups excluding carboxylic acids is 1. The molecule has 2 rings (SSSR count). The van der Waals surface area contributed by atoms with Crippen LogP contribution in [0.1, 0.15) is 37.7 Å². The molecule has 1 aliphatic carbocycles. The summed E-state index contributed by atoms with van der Waals surface area (Å²) in [5, 5.41) is 3.09. The zero-order chi connectivity index (χ0) is 11.9. The number of carbonyl (C=O) groups is 1. The van der Waals surface area contributed by atoms with Gasteiger partial charge in [-0.15, -0.1) is 0 Å². The van der Waals surface area contributed by atoms with Crippen LogP contribution in [0.4, 0.5) is 0 Å². The molecular formula is C15H20NO. The van der Waals surface area contributed by atoms with E-state index in [-0.39, 0.29) is 5.91 Å². The minimum absolute atomic E-state index is 0.0840. The molecule has 0 heterocycles. The molecular weight excluding hydrogens is 210 g/mol. The molecule has 1 fully saturated rings. The minimum atomic E-state index is 0.0840. The van der Waals surface area contributed by atoms with Crippen molar-refractivity contribution in [2.75, 3.05) is 0 Å². The molecule has 1 N–H and O–H groups in total. The number of amides is 1. The van der Waals surface area contributed by atoms with Crippen molar-refractivity contribution in [2.45, 2.75) is 44.6 Å². The Bertz CT molecular complexity index is 341. The molecule has 0 saturated heterocycles. The number of hydrogen-bond donors (Lipinski definition) is 1. The molecule has 0 aliphatic heterocycles. The first-order chi connectivity index (χ1) is 8.34. The number of benzene rings is 1. The van der Waals surface area contributed by atoms with Crippen LogP contribution in [0.25, 0.3) is 0 Å². The van der Waals surface area contributed by atoms with Crippen molar-refractivity contribution in [3.63, 3.8) is 0 Å². The topological polar surface area (TPSA) is 29.1 Å². The summed E-state index contributed by atoms with van der Waals surface area (Å²) in [4.78, 5) is 11.7. The summed E-state index contributed by atoms with van der Waals surface area (Å²) in [7, 11) is 0. The Morgan fingerprint density at radius 2 is 1.88 bits per heavy atom. The predicted molar refractivity (Wildman–Crippen MR) is 69.5 cm³/mol. The first kappa shape index (κ1) is 12.2. The van der Waals surface area contributed by atoms with Crippen LogP contribution in [0.15, 0.2) is 30.3 Å². The van der Waals surface area contributed by atoms with E-state index in [9.17, 15) is 4.79 Å². The van der Waals surface area contributed by atoms with Crippen LogP contribution < -0.4 is 5.32 Å². The van der Waals surface area contributed by atoms with E-state index in [0.717, 1.165) is 19.3 Å². The van der Waals surface area contributed by atoms with E-state index in [2.05, 4.69) is 5.32 Å². The lowest BCUT2D eigenvalue weighted by atomic mass is 9.95. The monoisotopic (exact) mass is 230 g/mol. The Labute approximate surface area is 103 Å². The van der Waals surface area contributed by atoms with Gasteiger partial charge in [0, 0.05) is 6.04 Å². The van der Waals surface area contributed by atoms with E-state index in [1.54, 1.807) is 6.42 Å². The second kappa shape index (κ2) is 6.43. The Balaban J connectivity index is 1.70. The van der Waals surface area contributed by atoms with E-state index >= 15 is 0 Å². The van der Waals surface area contributed by atoms with Gasteiger partial charge in [-0.1, -0.05) is 49.6 Å². The SMILES string of the molecule is O=C([CH]Cc1ccccc1)NC1CCCCC1. The number of rotatable bonds is 4. The molecule has 0 unspecified atom stereocenters. The number of hydrogen-bond acceptors (Lipinski definition) is 1. The van der Waals surface area contributed by atoms with Crippen LogP contribution in [0.2, 0.25) is 0 Å². The van der Waals surface area contributed by atoms with Crippen molar-refractivity contribution in [2.24, 2.45) is 0 Å². The zero-order valence-corrected chi connectivity index (χ0v) is 10.2. The largest absolute Gasteiger partial charge is 0.353 e. The summed E-state index contributed by atoms with van der Waals surface area (Å²) < 4.78 is 0. The number of nitrogens with one attached hydrogen (secondary N) is 1. The summed E-state index contributed by atoms with van der Waals surface area (Å²) in [6.07, 6.45) is 8.59. The average Bonchev–Trinajstić information content (AvgIpc) is 2.39. The first-order valence-electron chi connectivity index (χ1n) is 6.52. The lowest BCUT2D eigenvalue weighted by molar-refractivity contribution is -0.118. The van der Waals surface area contributed by atoms with Gasteiger partial charge in [-0.05, 0) is 24.8 Å². The highest BCUT2D eigenvalue weighted by Gasteiger charge is 2.15. The van der Waals surface area contributed by atoms with Gasteiger partial charge in [-0.25, -0.2) is 0 Å². The van der Waals surface area contributed by atoms with E-state index in [1.165, 1.54) is 24.8 Å². The highest BCUT2D eigenvalue weighted by molar-refractivity contribution is 5.85. The highest BCUT2D eigenvalue weighted by Crippen LogP contribution is 2.17. The molecule has 1 amide bonds. The van der Waals surface area contributed by atoms with Crippen LogP contribution in [0, 0.1) is 6.42 Å². The molecule has 0 bridgehead atoms. The molecule has 2 nitrogen and oxygen atoms in total. The molecule has 0 spiro atoms. The van der Waals surface area contributed by atoms with Gasteiger partial charge in [-0.3, -0.25) is 4.79 Å². The summed E-state index contributed by atoms with van der Waals surface area (Å²) in [5.41, 5.74) is 1.19. The van der Waals surface area contributed by atoms with E-state index in [4.69, 9.17) is 0 Å². The van der Waals surface area contributed by atoms with Crippen molar-refractivity contribution in [3.05, 3.63) is 42.3 Å². The molecule has 17 heavy (non-hydrogen) atoms. The molecule has 91 valence electrons. The molecule has 0 aromatic heterocycles. The average molecular weight is 230 g/mol. The second-order valence-electron chi connectivity index (χ2n) is 4.74. The summed E-state index contributed by atoms with van der Waals surface area (Å²) >= 11 is 0. The van der Waals surface area contributed by atoms with Gasteiger partial charge >= 0.3 is 0 Å². The third-order valence-corrected chi connectivity index (χ3v) is 3.32. The third-order valence-electron chi connectivity index (χ3n) is 3.32. The van der Waals surface area contributed by atoms with E-state index in [0.29, 0.717) is 6.04 Å². The maximum absolute atomic E-state index is 11.7. The Kier molecular flexibility index (Phi) is 4.60. The summed E-state index contributed by atoms with van der Waals surface area (Å²) in [6.45, 7) is 0. The van der Waals surface area contributed by atoms with Gasteiger partial charge in [0.2, 0.25) is 5.91 Å². The van der Waals surface area contributed by atoms with Crippen molar-refractivity contribution >= 4 is 5.91 Å². The minimum Gasteiger partial charge on any atom is -0.353 e. The maximum atomic E-state index is 11.7. The highest BCUT2D eigenvalue weighted by atomic mass is 16.1. The normalized spacial score (nSPS) is 16.7. The smallest absolute Gasteiger partial charge is 0.224 e. The molecule has 1 aliphatic rings. The molecule has 2 heteroatoms. The Hall–Kier alpha value is -1.31. The van der Waals surface area contributed by atoms with Crippen molar-refractivity contribution in [1.82, 2.24) is 5.32 Å². The fourth-order valence-electron chi connectivity index (χ4n) is 2.33. The van der Waals surface area contributed by atoms with E-state index < -0.39 is 0 Å². The standard InChI is InChI=1S/C15H20NO/c17-15(16-14-9-5-2-6-10-14)12-11-13-7-3-1-4-8-13/h1,3-4,7-8,12,14H,2,5-6,9-11H2,(H,16,17). The van der Waals surface area contributed by atoms with Crippen LogP contribution in [0.5, 0.6) is 0 Å². The quantitative estimate of drug-likeness (QED) is 0.846. The molecule has 1 aromatic carbocycles. The van der Waals surface area contributed by atoms with Crippen LogP contribution in [-0.4, -0.2) is 11.9 Å². The van der Waals surface area contributed by atoms with Gasteiger partial charge < -0.3 is 5.32 Å². The lowest BCUT2D eigenvalue weighted by Gasteiger charge is -2.22. The summed E-state index contributed by atoms with van der Waals surface area (Å²) in [6, 6.07) is 10.5. The molecule has 1 aromatic rings. The van der Waals surface area contributed by atoms with Crippen LogP contribution in [0.3, 0.4) is 0 Å². The van der Waals surface area contributed by atoms with Gasteiger partial charge in [0.05, 0.1) is 6.42 Å². The molecule has 0 atom stereocenters. The zero-order valence-electron chi connectivity index (χ0n) is 10.2. The van der Waals surface area contributed by atoms with Crippen LogP contribution >= 0.6 is 0 Å². The van der Waals surface area contributed by atoms with Crippen molar-refractivity contribution in [1.29, 1.82) is 0 Å². The van der Waals surface area contributed by atoms with Crippen LogP contribution in [-0.2, 0) is 11.2 Å². The fraction of sp³-hybridized carbons (Fsp3) is 0.467. The predicted octanol–water partition coefficient (Wildman–Crippen LogP) is 2.88. The lowest BCUT2D eigenvalue weighted by Crippen LogP contribution is -2.36.